The van der Waals surface area contributed by atoms with Gasteiger partial charge in [-0.2, -0.15) is 0 Å². The molecule has 2 rings (SSSR count). The van der Waals surface area contributed by atoms with E-state index in [-0.39, 0.29) is 5.91 Å². The standard InChI is InChI=1S/C14H16N2OS/c1-9-4-3-5-12(13(9)15)14(17)16-8-11-7-6-10(2)18-11/h3-7H,8,15H2,1-2H3,(H,16,17). The highest BCUT2D eigenvalue weighted by Gasteiger charge is 2.10. The number of carbonyl (C=O) groups is 1. The topological polar surface area (TPSA) is 55.1 Å². The molecule has 4 heteroatoms. The predicted octanol–water partition coefficient (Wildman–Crippen LogP) is 2.88. The molecule has 0 spiro atoms. The minimum atomic E-state index is -0.123. The van der Waals surface area contributed by atoms with Crippen LogP contribution in [0.3, 0.4) is 0 Å². The molecule has 0 aliphatic heterocycles. The summed E-state index contributed by atoms with van der Waals surface area (Å²) >= 11 is 1.69. The Morgan fingerprint density at radius 3 is 2.72 bits per heavy atom. The van der Waals surface area contributed by atoms with E-state index in [0.717, 1.165) is 10.4 Å². The number of rotatable bonds is 3. The molecule has 18 heavy (non-hydrogen) atoms. The summed E-state index contributed by atoms with van der Waals surface area (Å²) in [6.45, 7) is 4.49. The van der Waals surface area contributed by atoms with Crippen LogP contribution in [0.4, 0.5) is 5.69 Å². The molecular formula is C14H16N2OS. The van der Waals surface area contributed by atoms with Crippen molar-refractivity contribution in [1.29, 1.82) is 0 Å². The number of aryl methyl sites for hydroxylation is 2. The molecule has 1 aromatic carbocycles. The first-order valence-electron chi connectivity index (χ1n) is 5.76. The number of nitrogens with two attached hydrogens (primary N) is 1. The minimum absolute atomic E-state index is 0.123. The van der Waals surface area contributed by atoms with Crippen molar-refractivity contribution in [3.05, 3.63) is 51.2 Å². The fraction of sp³-hybridized carbons (Fsp3) is 0.214. The van der Waals surface area contributed by atoms with E-state index in [1.165, 1.54) is 4.88 Å². The Labute approximate surface area is 111 Å². The number of carbonyl (C=O) groups excluding carboxylic acids is 1. The van der Waals surface area contributed by atoms with Crippen LogP contribution in [0.5, 0.6) is 0 Å². The fourth-order valence-corrected chi connectivity index (χ4v) is 2.55. The molecule has 0 atom stereocenters. The molecule has 1 aromatic heterocycles. The summed E-state index contributed by atoms with van der Waals surface area (Å²) in [5, 5.41) is 2.89. The van der Waals surface area contributed by atoms with Gasteiger partial charge < -0.3 is 11.1 Å². The maximum Gasteiger partial charge on any atom is 0.253 e. The lowest BCUT2D eigenvalue weighted by molar-refractivity contribution is 0.0952. The van der Waals surface area contributed by atoms with E-state index in [4.69, 9.17) is 5.73 Å². The van der Waals surface area contributed by atoms with Gasteiger partial charge in [-0.3, -0.25) is 4.79 Å². The van der Waals surface area contributed by atoms with Gasteiger partial charge in [0.05, 0.1) is 12.1 Å². The Hall–Kier alpha value is -1.81. The zero-order valence-electron chi connectivity index (χ0n) is 10.5. The number of benzene rings is 1. The SMILES string of the molecule is Cc1ccc(CNC(=O)c2cccc(C)c2N)s1. The lowest BCUT2D eigenvalue weighted by Crippen LogP contribution is -2.23. The fourth-order valence-electron chi connectivity index (χ4n) is 1.72. The molecule has 0 radical (unpaired) electrons. The summed E-state index contributed by atoms with van der Waals surface area (Å²) in [4.78, 5) is 14.4. The second kappa shape index (κ2) is 5.23. The van der Waals surface area contributed by atoms with E-state index in [1.807, 2.05) is 31.2 Å². The number of amides is 1. The van der Waals surface area contributed by atoms with Crippen LogP contribution in [-0.4, -0.2) is 5.91 Å². The van der Waals surface area contributed by atoms with Crippen molar-refractivity contribution in [1.82, 2.24) is 5.32 Å². The number of nitrogen functional groups attached to an aromatic ring is 1. The molecule has 0 unspecified atom stereocenters. The molecule has 3 N–H and O–H groups in total. The van der Waals surface area contributed by atoms with Gasteiger partial charge in [0.15, 0.2) is 0 Å². The molecule has 0 bridgehead atoms. The normalized spacial score (nSPS) is 10.3. The van der Waals surface area contributed by atoms with E-state index in [0.29, 0.717) is 17.8 Å². The summed E-state index contributed by atoms with van der Waals surface area (Å²) < 4.78 is 0. The van der Waals surface area contributed by atoms with Gasteiger partial charge in [0.25, 0.3) is 5.91 Å². The van der Waals surface area contributed by atoms with Crippen molar-refractivity contribution in [3.8, 4) is 0 Å². The number of hydrogen-bond donors (Lipinski definition) is 2. The van der Waals surface area contributed by atoms with E-state index in [9.17, 15) is 4.79 Å². The Morgan fingerprint density at radius 1 is 1.28 bits per heavy atom. The highest BCUT2D eigenvalue weighted by Crippen LogP contribution is 2.17. The third-order valence-electron chi connectivity index (χ3n) is 2.79. The van der Waals surface area contributed by atoms with Crippen molar-refractivity contribution >= 4 is 22.9 Å². The highest BCUT2D eigenvalue weighted by atomic mass is 32.1. The zero-order chi connectivity index (χ0) is 13.1. The predicted molar refractivity (Wildman–Crippen MR) is 75.8 cm³/mol. The van der Waals surface area contributed by atoms with E-state index >= 15 is 0 Å². The van der Waals surface area contributed by atoms with E-state index < -0.39 is 0 Å². The average molecular weight is 260 g/mol. The summed E-state index contributed by atoms with van der Waals surface area (Å²) in [5.74, 6) is -0.123. The quantitative estimate of drug-likeness (QED) is 0.834. The second-order valence-corrected chi connectivity index (χ2v) is 5.60. The lowest BCUT2D eigenvalue weighted by Gasteiger charge is -2.08. The van der Waals surface area contributed by atoms with Crippen molar-refractivity contribution in [3.63, 3.8) is 0 Å². The van der Waals surface area contributed by atoms with Crippen LogP contribution < -0.4 is 11.1 Å². The molecule has 0 saturated carbocycles. The molecule has 1 amide bonds. The van der Waals surface area contributed by atoms with Crippen LogP contribution in [0.15, 0.2) is 30.3 Å². The number of nitrogens with one attached hydrogen (secondary N) is 1. The molecule has 2 aromatic rings. The zero-order valence-corrected chi connectivity index (χ0v) is 11.3. The van der Waals surface area contributed by atoms with Crippen LogP contribution in [0, 0.1) is 13.8 Å². The van der Waals surface area contributed by atoms with Gasteiger partial charge in [-0.05, 0) is 37.6 Å². The maximum atomic E-state index is 12.0. The summed E-state index contributed by atoms with van der Waals surface area (Å²) in [5.41, 5.74) is 7.92. The second-order valence-electron chi connectivity index (χ2n) is 4.23. The average Bonchev–Trinajstić information content (AvgIpc) is 2.76. The first-order valence-corrected chi connectivity index (χ1v) is 6.58. The first kappa shape index (κ1) is 12.6. The number of anilines is 1. The molecule has 1 heterocycles. The number of hydrogen-bond acceptors (Lipinski definition) is 3. The molecule has 94 valence electrons. The smallest absolute Gasteiger partial charge is 0.253 e. The molecule has 0 aliphatic rings. The Bertz CT molecular complexity index is 575. The van der Waals surface area contributed by atoms with Crippen LogP contribution in [0.2, 0.25) is 0 Å². The molecule has 3 nitrogen and oxygen atoms in total. The summed E-state index contributed by atoms with van der Waals surface area (Å²) in [6, 6.07) is 9.56. The largest absolute Gasteiger partial charge is 0.398 e. The monoisotopic (exact) mass is 260 g/mol. The third kappa shape index (κ3) is 2.71. The molecule has 0 aliphatic carbocycles. The van der Waals surface area contributed by atoms with Crippen LogP contribution in [0.1, 0.15) is 25.7 Å². The maximum absolute atomic E-state index is 12.0. The van der Waals surface area contributed by atoms with E-state index in [2.05, 4.69) is 12.2 Å². The van der Waals surface area contributed by atoms with Crippen LogP contribution >= 0.6 is 11.3 Å². The first-order chi connectivity index (χ1) is 8.58. The summed E-state index contributed by atoms with van der Waals surface area (Å²) in [6.07, 6.45) is 0. The van der Waals surface area contributed by atoms with Crippen molar-refractivity contribution in [2.75, 3.05) is 5.73 Å². The van der Waals surface area contributed by atoms with Crippen molar-refractivity contribution in [2.45, 2.75) is 20.4 Å². The van der Waals surface area contributed by atoms with Crippen molar-refractivity contribution in [2.24, 2.45) is 0 Å². The molecule has 0 saturated heterocycles. The summed E-state index contributed by atoms with van der Waals surface area (Å²) in [7, 11) is 0. The van der Waals surface area contributed by atoms with Crippen molar-refractivity contribution < 1.29 is 4.79 Å². The van der Waals surface area contributed by atoms with Gasteiger partial charge in [0.1, 0.15) is 0 Å². The van der Waals surface area contributed by atoms with Crippen LogP contribution in [0.25, 0.3) is 0 Å². The lowest BCUT2D eigenvalue weighted by atomic mass is 10.1. The minimum Gasteiger partial charge on any atom is -0.398 e. The Morgan fingerprint density at radius 2 is 2.06 bits per heavy atom. The Kier molecular flexibility index (Phi) is 3.67. The van der Waals surface area contributed by atoms with E-state index in [1.54, 1.807) is 17.4 Å². The van der Waals surface area contributed by atoms with Gasteiger partial charge in [-0.1, -0.05) is 12.1 Å². The highest BCUT2D eigenvalue weighted by molar-refractivity contribution is 7.11. The van der Waals surface area contributed by atoms with Crippen LogP contribution in [-0.2, 0) is 6.54 Å². The van der Waals surface area contributed by atoms with Gasteiger partial charge in [0.2, 0.25) is 0 Å². The Balaban J connectivity index is 2.06. The van der Waals surface area contributed by atoms with Gasteiger partial charge in [-0.15, -0.1) is 11.3 Å². The van der Waals surface area contributed by atoms with Gasteiger partial charge >= 0.3 is 0 Å². The third-order valence-corrected chi connectivity index (χ3v) is 3.79. The van der Waals surface area contributed by atoms with Gasteiger partial charge in [0, 0.05) is 15.4 Å². The number of para-hydroxylation sites is 1. The van der Waals surface area contributed by atoms with Gasteiger partial charge in [-0.25, -0.2) is 0 Å². The molecule has 0 fully saturated rings. The molecular weight excluding hydrogens is 244 g/mol. The number of thiophene rings is 1.